The minimum atomic E-state index is -0.928. The number of carbonyl (C=O) groups is 2. The van der Waals surface area contributed by atoms with Crippen molar-refractivity contribution in [1.29, 1.82) is 0 Å². The van der Waals surface area contributed by atoms with Crippen LogP contribution < -0.4 is 5.32 Å². The largest absolute Gasteiger partial charge is 0.481 e. The predicted octanol–water partition coefficient (Wildman–Crippen LogP) is 2.73. The SMILES string of the molecule is CCC(CNC(=O)c1cc2ccccc2c(Cl)n1)C(=O)O. The summed E-state index contributed by atoms with van der Waals surface area (Å²) in [6.45, 7) is 1.83. The number of pyridine rings is 1. The molecule has 0 aliphatic heterocycles. The number of rotatable bonds is 5. The van der Waals surface area contributed by atoms with Gasteiger partial charge in [-0.05, 0) is 17.9 Å². The number of hydrogen-bond acceptors (Lipinski definition) is 3. The molecule has 110 valence electrons. The van der Waals surface area contributed by atoms with E-state index in [0.717, 1.165) is 10.8 Å². The van der Waals surface area contributed by atoms with E-state index in [9.17, 15) is 9.59 Å². The molecule has 5 nitrogen and oxygen atoms in total. The zero-order chi connectivity index (χ0) is 15.4. The molecular formula is C15H15ClN2O3. The second kappa shape index (κ2) is 6.54. The molecule has 1 heterocycles. The summed E-state index contributed by atoms with van der Waals surface area (Å²) >= 11 is 6.06. The number of benzene rings is 1. The van der Waals surface area contributed by atoms with Crippen LogP contribution >= 0.6 is 11.6 Å². The Morgan fingerprint density at radius 2 is 2.10 bits per heavy atom. The van der Waals surface area contributed by atoms with Crippen molar-refractivity contribution in [2.24, 2.45) is 5.92 Å². The van der Waals surface area contributed by atoms with Gasteiger partial charge in [0.05, 0.1) is 5.92 Å². The minimum absolute atomic E-state index is 0.0663. The van der Waals surface area contributed by atoms with Crippen LogP contribution in [0.2, 0.25) is 5.15 Å². The van der Waals surface area contributed by atoms with Crippen molar-refractivity contribution in [2.45, 2.75) is 13.3 Å². The number of fused-ring (bicyclic) bond motifs is 1. The molecule has 0 saturated carbocycles. The zero-order valence-corrected chi connectivity index (χ0v) is 12.2. The Labute approximate surface area is 126 Å². The maximum absolute atomic E-state index is 12.1. The van der Waals surface area contributed by atoms with E-state index in [1.54, 1.807) is 13.0 Å². The van der Waals surface area contributed by atoms with E-state index in [1.807, 2.05) is 24.3 Å². The average molecular weight is 307 g/mol. The molecule has 0 aliphatic carbocycles. The molecule has 0 fully saturated rings. The number of nitrogens with zero attached hydrogens (tertiary/aromatic N) is 1. The van der Waals surface area contributed by atoms with Gasteiger partial charge in [0.2, 0.25) is 0 Å². The van der Waals surface area contributed by atoms with Crippen molar-refractivity contribution >= 4 is 34.2 Å². The molecule has 0 bridgehead atoms. The molecule has 1 amide bonds. The van der Waals surface area contributed by atoms with Gasteiger partial charge in [0.1, 0.15) is 10.8 Å². The topological polar surface area (TPSA) is 79.3 Å². The van der Waals surface area contributed by atoms with E-state index >= 15 is 0 Å². The quantitative estimate of drug-likeness (QED) is 0.832. The van der Waals surface area contributed by atoms with Crippen molar-refractivity contribution in [3.63, 3.8) is 0 Å². The smallest absolute Gasteiger partial charge is 0.308 e. The molecule has 2 rings (SSSR count). The highest BCUT2D eigenvalue weighted by Crippen LogP contribution is 2.22. The minimum Gasteiger partial charge on any atom is -0.481 e. The van der Waals surface area contributed by atoms with Crippen LogP contribution in [0.1, 0.15) is 23.8 Å². The number of carboxylic acid groups (broad SMARTS) is 1. The summed E-state index contributed by atoms with van der Waals surface area (Å²) in [6, 6.07) is 8.99. The summed E-state index contributed by atoms with van der Waals surface area (Å²) in [5, 5.41) is 13.4. The summed E-state index contributed by atoms with van der Waals surface area (Å²) < 4.78 is 0. The Morgan fingerprint density at radius 3 is 2.76 bits per heavy atom. The van der Waals surface area contributed by atoms with Crippen LogP contribution in [0.5, 0.6) is 0 Å². The molecule has 0 radical (unpaired) electrons. The lowest BCUT2D eigenvalue weighted by atomic mass is 10.1. The summed E-state index contributed by atoms with van der Waals surface area (Å²) in [4.78, 5) is 27.0. The van der Waals surface area contributed by atoms with Gasteiger partial charge < -0.3 is 10.4 Å². The number of aromatic nitrogens is 1. The number of aliphatic carboxylic acids is 1. The number of nitrogens with one attached hydrogen (secondary N) is 1. The van der Waals surface area contributed by atoms with E-state index in [4.69, 9.17) is 16.7 Å². The third-order valence-electron chi connectivity index (χ3n) is 3.28. The van der Waals surface area contributed by atoms with Gasteiger partial charge in [0.25, 0.3) is 5.91 Å². The van der Waals surface area contributed by atoms with Crippen LogP contribution in [0.4, 0.5) is 0 Å². The molecule has 1 aromatic carbocycles. The lowest BCUT2D eigenvalue weighted by Crippen LogP contribution is -2.33. The van der Waals surface area contributed by atoms with Crippen molar-refractivity contribution in [3.8, 4) is 0 Å². The fourth-order valence-corrected chi connectivity index (χ4v) is 2.25. The van der Waals surface area contributed by atoms with Crippen molar-refractivity contribution < 1.29 is 14.7 Å². The Bertz CT molecular complexity index is 688. The normalized spacial score (nSPS) is 12.1. The Hall–Kier alpha value is -2.14. The van der Waals surface area contributed by atoms with E-state index in [2.05, 4.69) is 10.3 Å². The monoisotopic (exact) mass is 306 g/mol. The first-order valence-electron chi connectivity index (χ1n) is 6.59. The van der Waals surface area contributed by atoms with Gasteiger partial charge in [-0.25, -0.2) is 4.98 Å². The number of carbonyl (C=O) groups excluding carboxylic acids is 1. The predicted molar refractivity (Wildman–Crippen MR) is 80.5 cm³/mol. The van der Waals surface area contributed by atoms with Crippen LogP contribution in [0.25, 0.3) is 10.8 Å². The Morgan fingerprint density at radius 1 is 1.38 bits per heavy atom. The number of carboxylic acids is 1. The second-order valence-electron chi connectivity index (χ2n) is 4.67. The number of amides is 1. The van der Waals surface area contributed by atoms with Crippen LogP contribution in [0, 0.1) is 5.92 Å². The maximum atomic E-state index is 12.1. The molecule has 1 aromatic heterocycles. The molecule has 1 atom stereocenters. The first-order chi connectivity index (χ1) is 10.0. The molecule has 2 N–H and O–H groups in total. The summed E-state index contributed by atoms with van der Waals surface area (Å²) in [6.07, 6.45) is 0.446. The lowest BCUT2D eigenvalue weighted by Gasteiger charge is -2.11. The van der Waals surface area contributed by atoms with Crippen molar-refractivity contribution in [3.05, 3.63) is 41.2 Å². The van der Waals surface area contributed by atoms with Crippen LogP contribution in [-0.4, -0.2) is 28.5 Å². The van der Waals surface area contributed by atoms with Gasteiger partial charge in [-0.3, -0.25) is 9.59 Å². The van der Waals surface area contributed by atoms with Gasteiger partial charge >= 0.3 is 5.97 Å². The van der Waals surface area contributed by atoms with E-state index in [0.29, 0.717) is 6.42 Å². The van der Waals surface area contributed by atoms with Gasteiger partial charge in [-0.2, -0.15) is 0 Å². The third-order valence-corrected chi connectivity index (χ3v) is 3.57. The molecule has 0 spiro atoms. The Kier molecular flexibility index (Phi) is 4.75. The fraction of sp³-hybridized carbons (Fsp3) is 0.267. The average Bonchev–Trinajstić information content (AvgIpc) is 2.47. The standard InChI is InChI=1S/C15H15ClN2O3/c1-2-9(15(20)21)8-17-14(19)12-7-10-5-3-4-6-11(10)13(16)18-12/h3-7,9H,2,8H2,1H3,(H,17,19)(H,20,21). The highest BCUT2D eigenvalue weighted by molar-refractivity contribution is 6.34. The highest BCUT2D eigenvalue weighted by Gasteiger charge is 2.17. The number of hydrogen-bond donors (Lipinski definition) is 2. The molecule has 2 aromatic rings. The first kappa shape index (κ1) is 15.3. The molecule has 6 heteroatoms. The molecule has 0 saturated heterocycles. The summed E-state index contributed by atoms with van der Waals surface area (Å²) in [5.74, 6) is -1.96. The third kappa shape index (κ3) is 3.49. The van der Waals surface area contributed by atoms with Gasteiger partial charge in [-0.15, -0.1) is 0 Å². The fourth-order valence-electron chi connectivity index (χ4n) is 1.99. The van der Waals surface area contributed by atoms with Crippen LogP contribution in [-0.2, 0) is 4.79 Å². The summed E-state index contributed by atoms with van der Waals surface area (Å²) in [5.41, 5.74) is 0.180. The van der Waals surface area contributed by atoms with E-state index in [-0.39, 0.29) is 17.4 Å². The number of halogens is 1. The van der Waals surface area contributed by atoms with Crippen molar-refractivity contribution in [2.75, 3.05) is 6.54 Å². The molecule has 1 unspecified atom stereocenters. The van der Waals surface area contributed by atoms with E-state index < -0.39 is 17.8 Å². The lowest BCUT2D eigenvalue weighted by molar-refractivity contribution is -0.141. The van der Waals surface area contributed by atoms with Crippen molar-refractivity contribution in [1.82, 2.24) is 10.3 Å². The molecule has 21 heavy (non-hydrogen) atoms. The highest BCUT2D eigenvalue weighted by atomic mass is 35.5. The van der Waals surface area contributed by atoms with Crippen LogP contribution in [0.15, 0.2) is 30.3 Å². The molecular weight excluding hydrogens is 292 g/mol. The van der Waals surface area contributed by atoms with Gasteiger partial charge in [0.15, 0.2) is 0 Å². The maximum Gasteiger partial charge on any atom is 0.308 e. The van der Waals surface area contributed by atoms with E-state index in [1.165, 1.54) is 0 Å². The van der Waals surface area contributed by atoms with Crippen LogP contribution in [0.3, 0.4) is 0 Å². The Balaban J connectivity index is 2.18. The second-order valence-corrected chi connectivity index (χ2v) is 5.03. The van der Waals surface area contributed by atoms with Gasteiger partial charge in [-0.1, -0.05) is 42.8 Å². The molecule has 0 aliphatic rings. The zero-order valence-electron chi connectivity index (χ0n) is 11.5. The van der Waals surface area contributed by atoms with Gasteiger partial charge in [0, 0.05) is 11.9 Å². The first-order valence-corrected chi connectivity index (χ1v) is 6.97. The summed E-state index contributed by atoms with van der Waals surface area (Å²) in [7, 11) is 0.